The van der Waals surface area contributed by atoms with Gasteiger partial charge in [-0.3, -0.25) is 9.59 Å². The van der Waals surface area contributed by atoms with Gasteiger partial charge in [-0.1, -0.05) is 6.42 Å². The van der Waals surface area contributed by atoms with Gasteiger partial charge in [0, 0.05) is 12.6 Å². The summed E-state index contributed by atoms with van der Waals surface area (Å²) in [6.07, 6.45) is 3.82. The van der Waals surface area contributed by atoms with E-state index in [1.54, 1.807) is 0 Å². The SMILES string of the molecule is CC(C)N1CCC(NC(=O)C2CCCCN2)C1=O. The maximum absolute atomic E-state index is 12.1. The zero-order chi connectivity index (χ0) is 13.1. The van der Waals surface area contributed by atoms with Gasteiger partial charge in [-0.05, 0) is 39.7 Å². The monoisotopic (exact) mass is 253 g/mol. The van der Waals surface area contributed by atoms with Crippen LogP contribution in [0.4, 0.5) is 0 Å². The van der Waals surface area contributed by atoms with Crippen LogP contribution in [0.1, 0.15) is 39.5 Å². The molecular weight excluding hydrogens is 230 g/mol. The summed E-state index contributed by atoms with van der Waals surface area (Å²) in [5, 5.41) is 6.10. The van der Waals surface area contributed by atoms with Crippen LogP contribution in [0.5, 0.6) is 0 Å². The fourth-order valence-corrected chi connectivity index (χ4v) is 2.70. The largest absolute Gasteiger partial charge is 0.343 e. The molecule has 2 saturated heterocycles. The van der Waals surface area contributed by atoms with Crippen LogP contribution in [-0.4, -0.2) is 47.9 Å². The molecule has 0 bridgehead atoms. The Hall–Kier alpha value is -1.10. The third-order valence-corrected chi connectivity index (χ3v) is 3.81. The molecule has 18 heavy (non-hydrogen) atoms. The number of amides is 2. The summed E-state index contributed by atoms with van der Waals surface area (Å²) in [5.74, 6) is 0.0489. The van der Waals surface area contributed by atoms with Crippen LogP contribution in [0.15, 0.2) is 0 Å². The van der Waals surface area contributed by atoms with Crippen LogP contribution >= 0.6 is 0 Å². The first kappa shape index (κ1) is 13.3. The smallest absolute Gasteiger partial charge is 0.245 e. The molecule has 5 heteroatoms. The Bertz CT molecular complexity index is 324. The van der Waals surface area contributed by atoms with Crippen molar-refractivity contribution in [3.05, 3.63) is 0 Å². The first-order valence-corrected chi connectivity index (χ1v) is 6.94. The highest BCUT2D eigenvalue weighted by Crippen LogP contribution is 2.15. The van der Waals surface area contributed by atoms with Crippen LogP contribution in [0.2, 0.25) is 0 Å². The van der Waals surface area contributed by atoms with Gasteiger partial charge in [0.25, 0.3) is 0 Å². The van der Waals surface area contributed by atoms with Crippen molar-refractivity contribution in [1.29, 1.82) is 0 Å². The summed E-state index contributed by atoms with van der Waals surface area (Å²) in [6.45, 7) is 5.66. The zero-order valence-electron chi connectivity index (χ0n) is 11.2. The van der Waals surface area contributed by atoms with E-state index in [-0.39, 0.29) is 29.9 Å². The lowest BCUT2D eigenvalue weighted by Gasteiger charge is -2.25. The molecule has 0 aromatic rings. The predicted octanol–water partition coefficient (Wildman–Crippen LogP) is 0.254. The van der Waals surface area contributed by atoms with Crippen molar-refractivity contribution in [2.45, 2.75) is 57.7 Å². The molecule has 2 aliphatic rings. The fraction of sp³-hybridized carbons (Fsp3) is 0.846. The summed E-state index contributed by atoms with van der Waals surface area (Å²) in [5.41, 5.74) is 0. The molecule has 0 aromatic heterocycles. The number of hydrogen-bond donors (Lipinski definition) is 2. The minimum absolute atomic E-state index is 0.0151. The van der Waals surface area contributed by atoms with Gasteiger partial charge in [-0.2, -0.15) is 0 Å². The van der Waals surface area contributed by atoms with E-state index in [9.17, 15) is 9.59 Å². The highest BCUT2D eigenvalue weighted by Gasteiger charge is 2.35. The Morgan fingerprint density at radius 3 is 2.72 bits per heavy atom. The highest BCUT2D eigenvalue weighted by molar-refractivity contribution is 5.91. The topological polar surface area (TPSA) is 61.4 Å². The van der Waals surface area contributed by atoms with Crippen LogP contribution in [0.25, 0.3) is 0 Å². The first-order chi connectivity index (χ1) is 8.59. The van der Waals surface area contributed by atoms with Crippen LogP contribution in [-0.2, 0) is 9.59 Å². The van der Waals surface area contributed by atoms with Crippen molar-refractivity contribution in [1.82, 2.24) is 15.5 Å². The quantitative estimate of drug-likeness (QED) is 0.758. The molecule has 2 amide bonds. The summed E-state index contributed by atoms with van der Waals surface area (Å²) in [4.78, 5) is 25.9. The van der Waals surface area contributed by atoms with Gasteiger partial charge in [0.15, 0.2) is 0 Å². The van der Waals surface area contributed by atoms with Gasteiger partial charge in [0.2, 0.25) is 11.8 Å². The maximum atomic E-state index is 12.1. The van der Waals surface area contributed by atoms with Gasteiger partial charge in [0.1, 0.15) is 6.04 Å². The lowest BCUT2D eigenvalue weighted by Crippen LogP contribution is -2.51. The first-order valence-electron chi connectivity index (χ1n) is 6.94. The molecule has 2 unspecified atom stereocenters. The molecular formula is C13H23N3O2. The second kappa shape index (κ2) is 5.69. The second-order valence-corrected chi connectivity index (χ2v) is 5.48. The Balaban J connectivity index is 1.86. The molecule has 2 fully saturated rings. The molecule has 0 aliphatic carbocycles. The van der Waals surface area contributed by atoms with Crippen LogP contribution < -0.4 is 10.6 Å². The number of rotatable bonds is 3. The minimum atomic E-state index is -0.316. The number of carbonyl (C=O) groups is 2. The van der Waals surface area contributed by atoms with E-state index in [1.165, 1.54) is 0 Å². The van der Waals surface area contributed by atoms with Gasteiger partial charge in [-0.15, -0.1) is 0 Å². The Morgan fingerprint density at radius 2 is 2.17 bits per heavy atom. The predicted molar refractivity (Wildman–Crippen MR) is 69.0 cm³/mol. The molecule has 0 saturated carbocycles. The van der Waals surface area contributed by atoms with Gasteiger partial charge < -0.3 is 15.5 Å². The summed E-state index contributed by atoms with van der Waals surface area (Å²) in [7, 11) is 0. The Morgan fingerprint density at radius 1 is 1.39 bits per heavy atom. The lowest BCUT2D eigenvalue weighted by atomic mass is 10.0. The molecule has 102 valence electrons. The van der Waals surface area contributed by atoms with Crippen molar-refractivity contribution in [3.63, 3.8) is 0 Å². The molecule has 2 atom stereocenters. The number of piperidine rings is 1. The van der Waals surface area contributed by atoms with Crippen molar-refractivity contribution < 1.29 is 9.59 Å². The van der Waals surface area contributed by atoms with Crippen molar-refractivity contribution in [2.75, 3.05) is 13.1 Å². The number of hydrogen-bond acceptors (Lipinski definition) is 3. The van der Waals surface area contributed by atoms with E-state index in [2.05, 4.69) is 10.6 Å². The van der Waals surface area contributed by atoms with Gasteiger partial charge >= 0.3 is 0 Å². The Labute approximate surface area is 108 Å². The molecule has 2 rings (SSSR count). The standard InChI is InChI=1S/C13H23N3O2/c1-9(2)16-8-6-11(13(16)18)15-12(17)10-5-3-4-7-14-10/h9-11,14H,3-8H2,1-2H3,(H,15,17). The summed E-state index contributed by atoms with van der Waals surface area (Å²) < 4.78 is 0. The van der Waals surface area contributed by atoms with E-state index >= 15 is 0 Å². The number of carbonyl (C=O) groups excluding carboxylic acids is 2. The number of nitrogens with one attached hydrogen (secondary N) is 2. The zero-order valence-corrected chi connectivity index (χ0v) is 11.2. The third-order valence-electron chi connectivity index (χ3n) is 3.81. The normalized spacial score (nSPS) is 28.8. The third kappa shape index (κ3) is 2.83. The van der Waals surface area contributed by atoms with Crippen molar-refractivity contribution >= 4 is 11.8 Å². The van der Waals surface area contributed by atoms with Crippen molar-refractivity contribution in [2.24, 2.45) is 0 Å². The molecule has 2 heterocycles. The van der Waals surface area contributed by atoms with Crippen LogP contribution in [0, 0.1) is 0 Å². The maximum Gasteiger partial charge on any atom is 0.245 e. The molecule has 2 N–H and O–H groups in total. The fourth-order valence-electron chi connectivity index (χ4n) is 2.70. The molecule has 2 aliphatic heterocycles. The van der Waals surface area contributed by atoms with Crippen LogP contribution in [0.3, 0.4) is 0 Å². The van der Waals surface area contributed by atoms with Gasteiger partial charge in [0.05, 0.1) is 6.04 Å². The summed E-state index contributed by atoms with van der Waals surface area (Å²) >= 11 is 0. The Kier molecular flexibility index (Phi) is 4.22. The summed E-state index contributed by atoms with van der Waals surface area (Å²) in [6, 6.07) is -0.213. The molecule has 0 radical (unpaired) electrons. The average molecular weight is 253 g/mol. The highest BCUT2D eigenvalue weighted by atomic mass is 16.2. The molecule has 0 aromatic carbocycles. The van der Waals surface area contributed by atoms with E-state index < -0.39 is 0 Å². The average Bonchev–Trinajstić information content (AvgIpc) is 2.72. The van der Waals surface area contributed by atoms with E-state index in [0.29, 0.717) is 0 Å². The minimum Gasteiger partial charge on any atom is -0.343 e. The van der Waals surface area contributed by atoms with Crippen molar-refractivity contribution in [3.8, 4) is 0 Å². The second-order valence-electron chi connectivity index (χ2n) is 5.48. The van der Waals surface area contributed by atoms with E-state index in [1.807, 2.05) is 18.7 Å². The van der Waals surface area contributed by atoms with E-state index in [0.717, 1.165) is 38.8 Å². The molecule has 5 nitrogen and oxygen atoms in total. The molecule has 0 spiro atoms. The number of likely N-dealkylation sites (tertiary alicyclic amines) is 1. The number of nitrogens with zero attached hydrogens (tertiary/aromatic N) is 1. The van der Waals surface area contributed by atoms with Gasteiger partial charge in [-0.25, -0.2) is 0 Å². The van der Waals surface area contributed by atoms with E-state index in [4.69, 9.17) is 0 Å². The lowest BCUT2D eigenvalue weighted by molar-refractivity contribution is -0.134.